The maximum absolute atomic E-state index is 3.52. The van der Waals surface area contributed by atoms with Crippen molar-refractivity contribution in [3.63, 3.8) is 0 Å². The second kappa shape index (κ2) is 3.23. The molecular weight excluding hydrogens is 282 g/mol. The molecule has 1 nitrogen and oxygen atoms in total. The molecule has 2 rings (SSSR count). The number of fused-ring (bicyclic) bond motifs is 1. The Morgan fingerprint density at radius 1 is 1.33 bits per heavy atom. The topological polar surface area (TPSA) is 15.8 Å². The third kappa shape index (κ3) is 1.31. The molecule has 0 saturated heterocycles. The van der Waals surface area contributed by atoms with Gasteiger partial charge in [0.05, 0.1) is 5.52 Å². The first-order chi connectivity index (χ1) is 5.81. The highest BCUT2D eigenvalue weighted by Crippen LogP contribution is 2.25. The summed E-state index contributed by atoms with van der Waals surface area (Å²) in [7, 11) is 0. The lowest BCUT2D eigenvalue weighted by atomic mass is 10.2. The largest absolute Gasteiger partial charge is 0.360 e. The van der Waals surface area contributed by atoms with Gasteiger partial charge in [0.2, 0.25) is 0 Å². The maximum Gasteiger partial charge on any atom is 0.0598 e. The van der Waals surface area contributed by atoms with Crippen LogP contribution in [0.1, 0.15) is 5.56 Å². The summed E-state index contributed by atoms with van der Waals surface area (Å²) in [6, 6.07) is 6.37. The monoisotopic (exact) mass is 287 g/mol. The number of aromatic amines is 1. The Morgan fingerprint density at radius 3 is 2.92 bits per heavy atom. The van der Waals surface area contributed by atoms with Crippen molar-refractivity contribution in [2.24, 2.45) is 0 Å². The summed E-state index contributed by atoms with van der Waals surface area (Å²) in [4.78, 5) is 3.18. The average molecular weight is 289 g/mol. The highest BCUT2D eigenvalue weighted by atomic mass is 79.9. The van der Waals surface area contributed by atoms with E-state index in [0.717, 1.165) is 9.80 Å². The van der Waals surface area contributed by atoms with Crippen LogP contribution >= 0.6 is 31.9 Å². The molecule has 2 aromatic rings. The molecule has 1 aromatic heterocycles. The fraction of sp³-hybridized carbons (Fsp3) is 0.111. The van der Waals surface area contributed by atoms with E-state index in [1.165, 1.54) is 16.5 Å². The summed E-state index contributed by atoms with van der Waals surface area (Å²) >= 11 is 6.95. The molecule has 0 bridgehead atoms. The number of nitrogens with one attached hydrogen (secondary N) is 1. The van der Waals surface area contributed by atoms with Crippen LogP contribution in [0.3, 0.4) is 0 Å². The van der Waals surface area contributed by atoms with Crippen molar-refractivity contribution in [1.82, 2.24) is 4.98 Å². The molecular formula is C9H7Br2N. The molecule has 0 aliphatic carbocycles. The van der Waals surface area contributed by atoms with Gasteiger partial charge in [-0.1, -0.05) is 15.9 Å². The van der Waals surface area contributed by atoms with Crippen molar-refractivity contribution < 1.29 is 0 Å². The number of H-pyrrole nitrogens is 1. The van der Waals surface area contributed by atoms with E-state index < -0.39 is 0 Å². The van der Waals surface area contributed by atoms with Gasteiger partial charge >= 0.3 is 0 Å². The van der Waals surface area contributed by atoms with E-state index in [1.807, 2.05) is 6.20 Å². The van der Waals surface area contributed by atoms with Crippen molar-refractivity contribution in [3.05, 3.63) is 34.4 Å². The summed E-state index contributed by atoms with van der Waals surface area (Å²) in [5, 5.41) is 2.14. The van der Waals surface area contributed by atoms with E-state index in [4.69, 9.17) is 0 Å². The van der Waals surface area contributed by atoms with E-state index in [0.29, 0.717) is 0 Å². The number of rotatable bonds is 1. The van der Waals surface area contributed by atoms with Crippen molar-refractivity contribution in [2.45, 2.75) is 5.33 Å². The fourth-order valence-electron chi connectivity index (χ4n) is 1.26. The summed E-state index contributed by atoms with van der Waals surface area (Å²) in [5.41, 5.74) is 2.45. The molecule has 0 radical (unpaired) electrons. The van der Waals surface area contributed by atoms with Gasteiger partial charge in [-0.15, -0.1) is 0 Å². The van der Waals surface area contributed by atoms with E-state index in [1.54, 1.807) is 0 Å². The minimum Gasteiger partial charge on any atom is -0.360 e. The van der Waals surface area contributed by atoms with Crippen LogP contribution in [0.2, 0.25) is 0 Å². The quantitative estimate of drug-likeness (QED) is 0.768. The number of hydrogen-bond donors (Lipinski definition) is 1. The number of halogens is 2. The SMILES string of the molecule is BrCc1cc(Br)c2[nH]ccc2c1. The zero-order valence-electron chi connectivity index (χ0n) is 6.27. The number of hydrogen-bond acceptors (Lipinski definition) is 0. The lowest BCUT2D eigenvalue weighted by molar-refractivity contribution is 1.42. The van der Waals surface area contributed by atoms with Gasteiger partial charge in [-0.05, 0) is 39.7 Å². The molecule has 0 aliphatic heterocycles. The van der Waals surface area contributed by atoms with Gasteiger partial charge < -0.3 is 4.98 Å². The second-order valence-electron chi connectivity index (χ2n) is 2.65. The Hall–Kier alpha value is -0.280. The van der Waals surface area contributed by atoms with Gasteiger partial charge in [-0.3, -0.25) is 0 Å². The first-order valence-corrected chi connectivity index (χ1v) is 5.54. The van der Waals surface area contributed by atoms with E-state index in [-0.39, 0.29) is 0 Å². The average Bonchev–Trinajstić information content (AvgIpc) is 2.52. The highest BCUT2D eigenvalue weighted by molar-refractivity contribution is 9.10. The Bertz CT molecular complexity index is 406. The van der Waals surface area contributed by atoms with Crippen LogP contribution in [-0.2, 0) is 5.33 Å². The molecule has 1 aromatic carbocycles. The van der Waals surface area contributed by atoms with Gasteiger partial charge in [0, 0.05) is 21.4 Å². The van der Waals surface area contributed by atoms with Crippen LogP contribution in [0.15, 0.2) is 28.9 Å². The van der Waals surface area contributed by atoms with Crippen LogP contribution in [-0.4, -0.2) is 4.98 Å². The Kier molecular flexibility index (Phi) is 2.24. The van der Waals surface area contributed by atoms with Gasteiger partial charge in [-0.2, -0.15) is 0 Å². The lowest BCUT2D eigenvalue weighted by Gasteiger charge is -1.98. The zero-order chi connectivity index (χ0) is 8.55. The lowest BCUT2D eigenvalue weighted by Crippen LogP contribution is -1.78. The summed E-state index contributed by atoms with van der Waals surface area (Å²) in [6.45, 7) is 0. The Morgan fingerprint density at radius 2 is 2.17 bits per heavy atom. The van der Waals surface area contributed by atoms with Crippen molar-refractivity contribution >= 4 is 42.8 Å². The summed E-state index contributed by atoms with van der Waals surface area (Å²) in [5.74, 6) is 0. The van der Waals surface area contributed by atoms with Crippen LogP contribution in [0.25, 0.3) is 10.9 Å². The van der Waals surface area contributed by atoms with Gasteiger partial charge in [0.15, 0.2) is 0 Å². The molecule has 0 unspecified atom stereocenters. The third-order valence-electron chi connectivity index (χ3n) is 1.83. The molecule has 1 N–H and O–H groups in total. The van der Waals surface area contributed by atoms with Crippen LogP contribution in [0.5, 0.6) is 0 Å². The van der Waals surface area contributed by atoms with Crippen molar-refractivity contribution in [3.8, 4) is 0 Å². The van der Waals surface area contributed by atoms with Crippen LogP contribution in [0.4, 0.5) is 0 Å². The number of alkyl halides is 1. The van der Waals surface area contributed by atoms with Crippen molar-refractivity contribution in [1.29, 1.82) is 0 Å². The third-order valence-corrected chi connectivity index (χ3v) is 3.10. The molecule has 12 heavy (non-hydrogen) atoms. The maximum atomic E-state index is 3.52. The van der Waals surface area contributed by atoms with Crippen molar-refractivity contribution in [2.75, 3.05) is 0 Å². The van der Waals surface area contributed by atoms with E-state index in [2.05, 4.69) is 55.0 Å². The van der Waals surface area contributed by atoms with Crippen LogP contribution in [0, 0.1) is 0 Å². The minimum absolute atomic E-state index is 0.896. The molecule has 3 heteroatoms. The van der Waals surface area contributed by atoms with Gasteiger partial charge in [0.1, 0.15) is 0 Å². The first-order valence-electron chi connectivity index (χ1n) is 3.63. The summed E-state index contributed by atoms with van der Waals surface area (Å²) < 4.78 is 1.12. The normalized spacial score (nSPS) is 10.8. The van der Waals surface area contributed by atoms with Gasteiger partial charge in [0.25, 0.3) is 0 Å². The highest BCUT2D eigenvalue weighted by Gasteiger charge is 2.01. The fourth-order valence-corrected chi connectivity index (χ4v) is 2.22. The first kappa shape index (κ1) is 8.32. The molecule has 0 fully saturated rings. The molecule has 0 saturated carbocycles. The van der Waals surface area contributed by atoms with E-state index in [9.17, 15) is 0 Å². The molecule has 1 heterocycles. The van der Waals surface area contributed by atoms with Gasteiger partial charge in [-0.25, -0.2) is 0 Å². The second-order valence-corrected chi connectivity index (χ2v) is 4.07. The predicted molar refractivity (Wildman–Crippen MR) is 58.6 cm³/mol. The standard InChI is InChI=1S/C9H7Br2N/c10-5-6-3-7-1-2-12-9(7)8(11)4-6/h1-4,12H,5H2. The Balaban J connectivity index is 2.75. The smallest absolute Gasteiger partial charge is 0.0598 e. The molecule has 0 aliphatic rings. The molecule has 0 amide bonds. The number of benzene rings is 1. The summed E-state index contributed by atoms with van der Waals surface area (Å²) in [6.07, 6.45) is 1.95. The van der Waals surface area contributed by atoms with E-state index >= 15 is 0 Å². The zero-order valence-corrected chi connectivity index (χ0v) is 9.44. The molecule has 0 spiro atoms. The number of aromatic nitrogens is 1. The molecule has 0 atom stereocenters. The van der Waals surface area contributed by atoms with Crippen LogP contribution < -0.4 is 0 Å². The predicted octanol–water partition coefficient (Wildman–Crippen LogP) is 3.83. The minimum atomic E-state index is 0.896. The molecule has 62 valence electrons. The Labute approximate surface area is 87.4 Å².